The Morgan fingerprint density at radius 2 is 1.85 bits per heavy atom. The third-order valence-electron chi connectivity index (χ3n) is 4.65. The number of para-hydroxylation sites is 2. The van der Waals surface area contributed by atoms with Crippen molar-refractivity contribution in [2.24, 2.45) is 0 Å². The quantitative estimate of drug-likeness (QED) is 0.521. The molecule has 0 spiro atoms. The number of rotatable bonds is 4. The highest BCUT2D eigenvalue weighted by molar-refractivity contribution is 5.88. The smallest absolute Gasteiger partial charge is 0.348 e. The number of fused-ring (bicyclic) bond motifs is 3. The number of carbonyl (C=O) groups excluding carboxylic acids is 1. The fourth-order valence-corrected chi connectivity index (χ4v) is 3.53. The van der Waals surface area contributed by atoms with Crippen LogP contribution in [0.5, 0.6) is 11.5 Å². The largest absolute Gasteiger partial charge is 0.496 e. The van der Waals surface area contributed by atoms with Crippen molar-refractivity contribution in [3.8, 4) is 11.5 Å². The summed E-state index contributed by atoms with van der Waals surface area (Å²) >= 11 is 0. The first kappa shape index (κ1) is 17.1. The van der Waals surface area contributed by atoms with Gasteiger partial charge in [-0.3, -0.25) is 0 Å². The zero-order valence-electron chi connectivity index (χ0n) is 14.9. The van der Waals surface area contributed by atoms with Crippen LogP contribution in [-0.4, -0.2) is 25.8 Å². The monoisotopic (exact) mass is 366 g/mol. The summed E-state index contributed by atoms with van der Waals surface area (Å²) in [6.45, 7) is 1.94. The lowest BCUT2D eigenvalue weighted by atomic mass is 9.88. The van der Waals surface area contributed by atoms with Crippen LogP contribution in [-0.2, 0) is 9.53 Å². The molecule has 2 heterocycles. The average molecular weight is 366 g/mol. The Morgan fingerprint density at radius 3 is 2.63 bits per heavy atom. The third-order valence-corrected chi connectivity index (χ3v) is 4.65. The second-order valence-corrected chi connectivity index (χ2v) is 6.14. The predicted molar refractivity (Wildman–Crippen MR) is 98.4 cm³/mol. The molecule has 6 heteroatoms. The molecule has 138 valence electrons. The number of hydrogen-bond donors (Lipinski definition) is 0. The molecule has 0 bridgehead atoms. The molecular weight excluding hydrogens is 348 g/mol. The Balaban J connectivity index is 1.98. The average Bonchev–Trinajstić information content (AvgIpc) is 3.09. The molecule has 0 unspecified atom stereocenters. The van der Waals surface area contributed by atoms with Gasteiger partial charge < -0.3 is 18.6 Å². The van der Waals surface area contributed by atoms with Crippen molar-refractivity contribution < 1.29 is 23.4 Å². The van der Waals surface area contributed by atoms with Gasteiger partial charge in [-0.25, -0.2) is 9.59 Å². The third kappa shape index (κ3) is 2.73. The van der Waals surface area contributed by atoms with Gasteiger partial charge in [-0.05, 0) is 25.1 Å². The summed E-state index contributed by atoms with van der Waals surface area (Å²) in [6, 6.07) is 14.3. The summed E-state index contributed by atoms with van der Waals surface area (Å²) in [7, 11) is 1.54. The maximum Gasteiger partial charge on any atom is 0.348 e. The van der Waals surface area contributed by atoms with Gasteiger partial charge in [-0.2, -0.15) is 0 Å². The van der Waals surface area contributed by atoms with E-state index >= 15 is 0 Å². The van der Waals surface area contributed by atoms with Crippen molar-refractivity contribution in [3.05, 3.63) is 70.1 Å². The SMILES string of the molecule is CCOC(=O)[C@@H]1Oc2c(c(=O)oc3ccccc23)[C@@H]1c1ccccc1OC. The van der Waals surface area contributed by atoms with Crippen LogP contribution in [0, 0.1) is 0 Å². The van der Waals surface area contributed by atoms with Crippen LogP contribution < -0.4 is 15.1 Å². The number of ether oxygens (including phenoxy) is 3. The van der Waals surface area contributed by atoms with Crippen LogP contribution in [0.4, 0.5) is 0 Å². The summed E-state index contributed by atoms with van der Waals surface area (Å²) in [4.78, 5) is 25.4. The van der Waals surface area contributed by atoms with Gasteiger partial charge in [0.15, 0.2) is 0 Å². The highest BCUT2D eigenvalue weighted by atomic mass is 16.6. The van der Waals surface area contributed by atoms with Crippen molar-refractivity contribution in [2.45, 2.75) is 18.9 Å². The minimum absolute atomic E-state index is 0.211. The summed E-state index contributed by atoms with van der Waals surface area (Å²) in [6.07, 6.45) is -0.995. The zero-order chi connectivity index (χ0) is 19.0. The van der Waals surface area contributed by atoms with Gasteiger partial charge in [0, 0.05) is 5.56 Å². The first-order valence-electron chi connectivity index (χ1n) is 8.67. The van der Waals surface area contributed by atoms with Gasteiger partial charge in [0.25, 0.3) is 0 Å². The lowest BCUT2D eigenvalue weighted by molar-refractivity contribution is -0.151. The molecule has 27 heavy (non-hydrogen) atoms. The minimum Gasteiger partial charge on any atom is -0.496 e. The Hall–Kier alpha value is -3.28. The Bertz CT molecular complexity index is 1070. The first-order chi connectivity index (χ1) is 13.2. The highest BCUT2D eigenvalue weighted by Crippen LogP contribution is 2.46. The Labute approximate surface area is 155 Å². The van der Waals surface area contributed by atoms with Crippen LogP contribution >= 0.6 is 0 Å². The lowest BCUT2D eigenvalue weighted by Gasteiger charge is -2.19. The van der Waals surface area contributed by atoms with E-state index in [-0.39, 0.29) is 6.61 Å². The van der Waals surface area contributed by atoms with Crippen molar-refractivity contribution in [2.75, 3.05) is 13.7 Å². The summed E-state index contributed by atoms with van der Waals surface area (Å²) < 4.78 is 22.1. The number of methoxy groups -OCH3 is 1. The van der Waals surface area contributed by atoms with Crippen LogP contribution in [0.15, 0.2) is 57.7 Å². The molecule has 0 radical (unpaired) electrons. The Kier molecular flexibility index (Phi) is 4.32. The molecular formula is C21H18O6. The standard InChI is InChI=1S/C21H18O6/c1-3-25-21(23)19-16(12-8-4-6-10-14(12)24-2)17-18(27-19)13-9-5-7-11-15(13)26-20(17)22/h4-11,16,19H,3H2,1-2H3/t16-,19+/m0/s1. The second-order valence-electron chi connectivity index (χ2n) is 6.14. The molecule has 0 N–H and O–H groups in total. The number of esters is 1. The van der Waals surface area contributed by atoms with Crippen molar-refractivity contribution in [3.63, 3.8) is 0 Å². The van der Waals surface area contributed by atoms with Crippen molar-refractivity contribution in [1.82, 2.24) is 0 Å². The van der Waals surface area contributed by atoms with Gasteiger partial charge >= 0.3 is 11.6 Å². The number of carbonyl (C=O) groups is 1. The van der Waals surface area contributed by atoms with Crippen LogP contribution in [0.25, 0.3) is 11.0 Å². The highest BCUT2D eigenvalue weighted by Gasteiger charge is 2.46. The van der Waals surface area contributed by atoms with Gasteiger partial charge in [-0.15, -0.1) is 0 Å². The van der Waals surface area contributed by atoms with Gasteiger partial charge in [0.1, 0.15) is 17.1 Å². The van der Waals surface area contributed by atoms with Crippen molar-refractivity contribution in [1.29, 1.82) is 0 Å². The fraction of sp³-hybridized carbons (Fsp3) is 0.238. The molecule has 0 fully saturated rings. The van der Waals surface area contributed by atoms with Gasteiger partial charge in [0.2, 0.25) is 6.10 Å². The molecule has 2 atom stereocenters. The van der Waals surface area contributed by atoms with Crippen LogP contribution in [0.3, 0.4) is 0 Å². The molecule has 2 aromatic carbocycles. The van der Waals surface area contributed by atoms with Crippen molar-refractivity contribution >= 4 is 16.9 Å². The van der Waals surface area contributed by atoms with E-state index in [0.717, 1.165) is 0 Å². The molecule has 0 saturated carbocycles. The topological polar surface area (TPSA) is 75.0 Å². The Morgan fingerprint density at radius 1 is 1.11 bits per heavy atom. The number of hydrogen-bond acceptors (Lipinski definition) is 6. The molecule has 0 saturated heterocycles. The zero-order valence-corrected chi connectivity index (χ0v) is 14.9. The van der Waals surface area contributed by atoms with Crippen LogP contribution in [0.1, 0.15) is 24.0 Å². The molecule has 0 amide bonds. The maximum atomic E-state index is 12.8. The second kappa shape index (κ2) is 6.79. The molecule has 6 nitrogen and oxygen atoms in total. The normalized spacial score (nSPS) is 18.0. The molecule has 0 aliphatic carbocycles. The van der Waals surface area contributed by atoms with E-state index in [1.165, 1.54) is 7.11 Å². The first-order valence-corrected chi connectivity index (χ1v) is 8.67. The number of benzene rings is 2. The van der Waals surface area contributed by atoms with E-state index in [1.807, 2.05) is 24.3 Å². The van der Waals surface area contributed by atoms with Gasteiger partial charge in [0.05, 0.1) is 30.6 Å². The predicted octanol–water partition coefficient (Wildman–Crippen LogP) is 3.26. The van der Waals surface area contributed by atoms with E-state index in [4.69, 9.17) is 18.6 Å². The van der Waals surface area contributed by atoms with E-state index < -0.39 is 23.6 Å². The fourth-order valence-electron chi connectivity index (χ4n) is 3.53. The molecule has 1 aliphatic heterocycles. The molecule has 3 aromatic rings. The van der Waals surface area contributed by atoms with E-state index in [9.17, 15) is 9.59 Å². The molecule has 1 aromatic heterocycles. The van der Waals surface area contributed by atoms with E-state index in [0.29, 0.717) is 33.6 Å². The summed E-state index contributed by atoms with van der Waals surface area (Å²) in [5.41, 5.74) is 0.839. The molecule has 1 aliphatic rings. The van der Waals surface area contributed by atoms with Gasteiger partial charge in [-0.1, -0.05) is 30.3 Å². The maximum absolute atomic E-state index is 12.8. The molecule has 4 rings (SSSR count). The van der Waals surface area contributed by atoms with Crippen LogP contribution in [0.2, 0.25) is 0 Å². The summed E-state index contributed by atoms with van der Waals surface area (Å²) in [5, 5.41) is 0.638. The van der Waals surface area contributed by atoms with E-state index in [1.54, 1.807) is 31.2 Å². The minimum atomic E-state index is -0.995. The summed E-state index contributed by atoms with van der Waals surface area (Å²) in [5.74, 6) is -0.305. The van der Waals surface area contributed by atoms with E-state index in [2.05, 4.69) is 0 Å². The lowest BCUT2D eigenvalue weighted by Crippen LogP contribution is -2.32.